The van der Waals surface area contributed by atoms with Crippen molar-refractivity contribution in [3.63, 3.8) is 0 Å². The first-order valence-corrected chi connectivity index (χ1v) is 12.3. The highest BCUT2D eigenvalue weighted by atomic mass is 16.5. The van der Waals surface area contributed by atoms with Gasteiger partial charge in [-0.05, 0) is 73.7 Å². The lowest BCUT2D eigenvalue weighted by Crippen LogP contribution is -2.33. The van der Waals surface area contributed by atoms with Crippen LogP contribution < -0.4 is 14.2 Å². The fraction of sp³-hybridized carbons (Fsp3) is 0.323. The topological polar surface area (TPSA) is 40.0 Å². The number of benzene rings is 3. The molecule has 4 nitrogen and oxygen atoms in total. The smallest absolute Gasteiger partial charge is 0.131 e. The second kappa shape index (κ2) is 9.26. The van der Waals surface area contributed by atoms with Crippen LogP contribution in [0.15, 0.2) is 89.1 Å². The summed E-state index contributed by atoms with van der Waals surface area (Å²) >= 11 is 0. The molecule has 0 spiro atoms. The molecule has 5 rings (SSSR count). The van der Waals surface area contributed by atoms with E-state index in [0.717, 1.165) is 52.8 Å². The highest BCUT2D eigenvalue weighted by Crippen LogP contribution is 2.51. The van der Waals surface area contributed by atoms with Crippen LogP contribution in [0, 0.1) is 5.41 Å². The number of ether oxygens (including phenoxy) is 3. The largest absolute Gasteiger partial charge is 0.497 e. The van der Waals surface area contributed by atoms with Gasteiger partial charge in [0, 0.05) is 29.2 Å². The summed E-state index contributed by atoms with van der Waals surface area (Å²) in [7, 11) is 1.70. The van der Waals surface area contributed by atoms with Gasteiger partial charge in [0.15, 0.2) is 0 Å². The standard InChI is InChI=1S/C31H33NO3/c1-20(2)34-23-13-11-22(12-14-23)32-26-18-31(3,4)19-28-30(26)29(21-9-7-6-8-10-21)25-17-24(33-5)15-16-27(25)35-28/h6-17,20,29H,18-19H2,1-5H3/t29-/m0/s1. The minimum absolute atomic E-state index is 0.0310. The third kappa shape index (κ3) is 4.84. The van der Waals surface area contributed by atoms with Crippen molar-refractivity contribution in [2.24, 2.45) is 10.4 Å². The predicted octanol–water partition coefficient (Wildman–Crippen LogP) is 7.85. The van der Waals surface area contributed by atoms with E-state index in [9.17, 15) is 0 Å². The fourth-order valence-electron chi connectivity index (χ4n) is 5.10. The van der Waals surface area contributed by atoms with Crippen LogP contribution in [0.5, 0.6) is 17.2 Å². The number of aliphatic imine (C=N–C) groups is 1. The summed E-state index contributed by atoms with van der Waals surface area (Å²) in [5.41, 5.74) is 5.57. The Hall–Kier alpha value is -3.53. The van der Waals surface area contributed by atoms with Crippen LogP contribution >= 0.6 is 0 Å². The molecule has 2 aliphatic rings. The van der Waals surface area contributed by atoms with Crippen molar-refractivity contribution in [3.8, 4) is 17.2 Å². The van der Waals surface area contributed by atoms with E-state index in [1.807, 2.05) is 50.2 Å². The number of hydrogen-bond acceptors (Lipinski definition) is 4. The average molecular weight is 468 g/mol. The predicted molar refractivity (Wildman–Crippen MR) is 141 cm³/mol. The number of hydrogen-bond donors (Lipinski definition) is 0. The van der Waals surface area contributed by atoms with Gasteiger partial charge in [-0.3, -0.25) is 4.99 Å². The molecule has 1 atom stereocenters. The molecular weight excluding hydrogens is 434 g/mol. The van der Waals surface area contributed by atoms with E-state index in [1.165, 1.54) is 11.1 Å². The van der Waals surface area contributed by atoms with E-state index in [0.29, 0.717) is 0 Å². The molecule has 0 radical (unpaired) electrons. The summed E-state index contributed by atoms with van der Waals surface area (Å²) in [6, 6.07) is 24.8. The van der Waals surface area contributed by atoms with Crippen LogP contribution in [0.25, 0.3) is 0 Å². The van der Waals surface area contributed by atoms with Crippen molar-refractivity contribution in [2.45, 2.75) is 52.6 Å². The first kappa shape index (κ1) is 23.2. The highest BCUT2D eigenvalue weighted by Gasteiger charge is 2.41. The Morgan fingerprint density at radius 1 is 0.914 bits per heavy atom. The monoisotopic (exact) mass is 467 g/mol. The Balaban J connectivity index is 1.65. The first-order chi connectivity index (χ1) is 16.8. The van der Waals surface area contributed by atoms with Gasteiger partial charge in [-0.15, -0.1) is 0 Å². The quantitative estimate of drug-likeness (QED) is 0.383. The van der Waals surface area contributed by atoms with Crippen molar-refractivity contribution >= 4 is 11.4 Å². The maximum atomic E-state index is 6.58. The zero-order chi connectivity index (χ0) is 24.6. The third-order valence-electron chi connectivity index (χ3n) is 6.55. The molecular formula is C31H33NO3. The van der Waals surface area contributed by atoms with Gasteiger partial charge >= 0.3 is 0 Å². The van der Waals surface area contributed by atoms with Crippen molar-refractivity contribution in [2.75, 3.05) is 7.11 Å². The summed E-state index contributed by atoms with van der Waals surface area (Å²) < 4.78 is 18.0. The summed E-state index contributed by atoms with van der Waals surface area (Å²) in [4.78, 5) is 5.20. The molecule has 0 unspecified atom stereocenters. The molecule has 0 saturated heterocycles. The van der Waals surface area contributed by atoms with E-state index in [4.69, 9.17) is 19.2 Å². The molecule has 0 fully saturated rings. The van der Waals surface area contributed by atoms with Gasteiger partial charge in [-0.1, -0.05) is 44.2 Å². The minimum Gasteiger partial charge on any atom is -0.497 e. The van der Waals surface area contributed by atoms with Crippen molar-refractivity contribution in [1.82, 2.24) is 0 Å². The average Bonchev–Trinajstić information content (AvgIpc) is 2.83. The SMILES string of the molecule is COc1ccc2c(c1)[C@H](c1ccccc1)C1=C(CC(C)(C)CC1=Nc1ccc(OC(C)C)cc1)O2. The number of rotatable bonds is 5. The highest BCUT2D eigenvalue weighted by molar-refractivity contribution is 6.05. The Kier molecular flexibility index (Phi) is 6.14. The molecule has 4 heteroatoms. The lowest BCUT2D eigenvalue weighted by atomic mass is 9.69. The normalized spacial score (nSPS) is 19.7. The van der Waals surface area contributed by atoms with Gasteiger partial charge in [-0.25, -0.2) is 0 Å². The van der Waals surface area contributed by atoms with E-state index in [2.05, 4.69) is 50.2 Å². The number of methoxy groups -OCH3 is 1. The lowest BCUT2D eigenvalue weighted by Gasteiger charge is -2.40. The van der Waals surface area contributed by atoms with Crippen LogP contribution in [0.3, 0.4) is 0 Å². The van der Waals surface area contributed by atoms with E-state index in [-0.39, 0.29) is 17.4 Å². The van der Waals surface area contributed by atoms with Crippen LogP contribution in [0.4, 0.5) is 5.69 Å². The Bertz CT molecular complexity index is 1270. The molecule has 0 amide bonds. The zero-order valence-corrected chi connectivity index (χ0v) is 21.2. The fourth-order valence-corrected chi connectivity index (χ4v) is 5.10. The maximum absolute atomic E-state index is 6.58. The molecule has 3 aromatic rings. The molecule has 0 aromatic heterocycles. The van der Waals surface area contributed by atoms with Crippen LogP contribution in [0.1, 0.15) is 57.6 Å². The van der Waals surface area contributed by atoms with Gasteiger partial charge in [0.25, 0.3) is 0 Å². The summed E-state index contributed by atoms with van der Waals surface area (Å²) in [6.07, 6.45) is 1.89. The van der Waals surface area contributed by atoms with E-state index in [1.54, 1.807) is 7.11 Å². The molecule has 1 heterocycles. The second-order valence-electron chi connectivity index (χ2n) is 10.4. The van der Waals surface area contributed by atoms with E-state index < -0.39 is 0 Å². The third-order valence-corrected chi connectivity index (χ3v) is 6.55. The summed E-state index contributed by atoms with van der Waals surface area (Å²) in [5.74, 6) is 3.63. The Morgan fingerprint density at radius 2 is 1.63 bits per heavy atom. The maximum Gasteiger partial charge on any atom is 0.131 e. The molecule has 3 aromatic carbocycles. The molecule has 0 N–H and O–H groups in total. The lowest BCUT2D eigenvalue weighted by molar-refractivity contribution is 0.242. The molecule has 180 valence electrons. The van der Waals surface area contributed by atoms with Gasteiger partial charge in [0.2, 0.25) is 0 Å². The zero-order valence-electron chi connectivity index (χ0n) is 21.2. The van der Waals surface area contributed by atoms with Crippen molar-refractivity contribution in [3.05, 3.63) is 95.3 Å². The van der Waals surface area contributed by atoms with E-state index >= 15 is 0 Å². The van der Waals surface area contributed by atoms with Crippen LogP contribution in [-0.2, 0) is 0 Å². The van der Waals surface area contributed by atoms with Crippen LogP contribution in [-0.4, -0.2) is 18.9 Å². The Morgan fingerprint density at radius 3 is 2.31 bits per heavy atom. The molecule has 35 heavy (non-hydrogen) atoms. The minimum atomic E-state index is 0.0310. The van der Waals surface area contributed by atoms with Crippen molar-refractivity contribution in [1.29, 1.82) is 0 Å². The molecule has 0 saturated carbocycles. The van der Waals surface area contributed by atoms with Crippen LogP contribution in [0.2, 0.25) is 0 Å². The van der Waals surface area contributed by atoms with Gasteiger partial charge in [-0.2, -0.15) is 0 Å². The number of nitrogens with zero attached hydrogens (tertiary/aromatic N) is 1. The second-order valence-corrected chi connectivity index (χ2v) is 10.4. The van der Waals surface area contributed by atoms with Gasteiger partial charge < -0.3 is 14.2 Å². The summed E-state index contributed by atoms with van der Waals surface area (Å²) in [5, 5.41) is 0. The molecule has 1 aliphatic carbocycles. The number of fused-ring (bicyclic) bond motifs is 1. The van der Waals surface area contributed by atoms with Crippen molar-refractivity contribution < 1.29 is 14.2 Å². The molecule has 0 bridgehead atoms. The number of allylic oxidation sites excluding steroid dienone is 2. The van der Waals surface area contributed by atoms with Gasteiger partial charge in [0.05, 0.1) is 18.9 Å². The molecule has 1 aliphatic heterocycles. The summed E-state index contributed by atoms with van der Waals surface area (Å²) in [6.45, 7) is 8.64. The van der Waals surface area contributed by atoms with Gasteiger partial charge in [0.1, 0.15) is 23.0 Å². The Labute approximate surface area is 208 Å². The first-order valence-electron chi connectivity index (χ1n) is 12.3.